The number of ether oxygens (including phenoxy) is 2. The van der Waals surface area contributed by atoms with E-state index in [4.69, 9.17) is 9.47 Å². The summed E-state index contributed by atoms with van der Waals surface area (Å²) in [5, 5.41) is 3.25. The summed E-state index contributed by atoms with van der Waals surface area (Å²) in [6.07, 6.45) is -2.13. The molecule has 2 saturated heterocycles. The van der Waals surface area contributed by atoms with Crippen LogP contribution in [0.4, 0.5) is 13.2 Å². The van der Waals surface area contributed by atoms with Gasteiger partial charge in [-0.2, -0.15) is 13.2 Å². The van der Waals surface area contributed by atoms with Crippen LogP contribution in [0.15, 0.2) is 29.3 Å². The monoisotopic (exact) mass is 371 g/mol. The summed E-state index contributed by atoms with van der Waals surface area (Å²) in [6.45, 7) is 4.40. The fourth-order valence-electron chi connectivity index (χ4n) is 3.49. The molecule has 0 aromatic heterocycles. The lowest BCUT2D eigenvalue weighted by molar-refractivity contribution is -0.137. The molecule has 1 N–H and O–H groups in total. The van der Waals surface area contributed by atoms with Gasteiger partial charge < -0.3 is 19.7 Å². The molecular weight excluding hydrogens is 347 g/mol. The molecule has 5 nitrogen and oxygen atoms in total. The number of benzene rings is 1. The average Bonchev–Trinajstić information content (AvgIpc) is 3.25. The minimum atomic E-state index is -4.33. The van der Waals surface area contributed by atoms with Gasteiger partial charge in [0.1, 0.15) is 12.4 Å². The molecule has 0 aliphatic carbocycles. The third-order valence-corrected chi connectivity index (χ3v) is 4.97. The first kappa shape index (κ1) is 18.8. The zero-order valence-corrected chi connectivity index (χ0v) is 14.8. The highest BCUT2D eigenvalue weighted by atomic mass is 19.4. The van der Waals surface area contributed by atoms with Crippen LogP contribution in [-0.4, -0.2) is 57.4 Å². The number of guanidine groups is 1. The normalized spacial score (nSPS) is 23.7. The first-order valence-corrected chi connectivity index (χ1v) is 8.75. The molecule has 1 atom stereocenters. The SMILES string of the molecule is CN=C(NCCOc1ccc(C(F)(F)F)cc1)N1CCC2(CCOC2)C1. The molecule has 2 aliphatic heterocycles. The molecule has 8 heteroatoms. The Balaban J connectivity index is 1.42. The number of aliphatic imine (C=N–C) groups is 1. The summed E-state index contributed by atoms with van der Waals surface area (Å²) >= 11 is 0. The molecule has 26 heavy (non-hydrogen) atoms. The molecule has 2 fully saturated rings. The van der Waals surface area contributed by atoms with Crippen molar-refractivity contribution >= 4 is 5.96 Å². The van der Waals surface area contributed by atoms with Crippen molar-refractivity contribution in [3.05, 3.63) is 29.8 Å². The number of hydrogen-bond acceptors (Lipinski definition) is 3. The highest BCUT2D eigenvalue weighted by Crippen LogP contribution is 2.38. The van der Waals surface area contributed by atoms with Crippen molar-refractivity contribution in [2.45, 2.75) is 19.0 Å². The van der Waals surface area contributed by atoms with Crippen LogP contribution in [0.25, 0.3) is 0 Å². The van der Waals surface area contributed by atoms with Crippen LogP contribution < -0.4 is 10.1 Å². The van der Waals surface area contributed by atoms with E-state index in [2.05, 4.69) is 15.2 Å². The van der Waals surface area contributed by atoms with E-state index in [1.54, 1.807) is 7.05 Å². The lowest BCUT2D eigenvalue weighted by Gasteiger charge is -2.24. The Hall–Kier alpha value is -1.96. The highest BCUT2D eigenvalue weighted by molar-refractivity contribution is 5.80. The first-order valence-electron chi connectivity index (χ1n) is 8.75. The number of alkyl halides is 3. The summed E-state index contributed by atoms with van der Waals surface area (Å²) in [5.74, 6) is 1.24. The van der Waals surface area contributed by atoms with Crippen LogP contribution in [0.5, 0.6) is 5.75 Å². The van der Waals surface area contributed by atoms with Gasteiger partial charge in [0, 0.05) is 32.2 Å². The van der Waals surface area contributed by atoms with Crippen molar-refractivity contribution < 1.29 is 22.6 Å². The standard InChI is InChI=1S/C18H24F3N3O2/c1-22-16(24-9-6-17(12-24)7-10-25-13-17)23-8-11-26-15-4-2-14(3-5-15)18(19,20)21/h2-5H,6-13H2,1H3,(H,22,23). The summed E-state index contributed by atoms with van der Waals surface area (Å²) in [5.41, 5.74) is -0.420. The smallest absolute Gasteiger partial charge is 0.416 e. The van der Waals surface area contributed by atoms with Crippen LogP contribution >= 0.6 is 0 Å². The Bertz CT molecular complexity index is 626. The third-order valence-electron chi connectivity index (χ3n) is 4.97. The van der Waals surface area contributed by atoms with Crippen LogP contribution in [0, 0.1) is 5.41 Å². The Labute approximate surface area is 151 Å². The predicted octanol–water partition coefficient (Wildman–Crippen LogP) is 2.77. The maximum absolute atomic E-state index is 12.5. The van der Waals surface area contributed by atoms with E-state index < -0.39 is 11.7 Å². The zero-order chi connectivity index (χ0) is 18.6. The Morgan fingerprint density at radius 3 is 2.69 bits per heavy atom. The van der Waals surface area contributed by atoms with Gasteiger partial charge in [-0.25, -0.2) is 0 Å². The Kier molecular flexibility index (Phi) is 5.60. The van der Waals surface area contributed by atoms with E-state index in [1.807, 2.05) is 0 Å². The molecule has 0 saturated carbocycles. The number of nitrogens with one attached hydrogen (secondary N) is 1. The summed E-state index contributed by atoms with van der Waals surface area (Å²) in [7, 11) is 1.75. The third kappa shape index (κ3) is 4.41. The topological polar surface area (TPSA) is 46.1 Å². The number of likely N-dealkylation sites (tertiary alicyclic amines) is 1. The molecule has 0 radical (unpaired) electrons. The van der Waals surface area contributed by atoms with E-state index >= 15 is 0 Å². The fourth-order valence-corrected chi connectivity index (χ4v) is 3.49. The van der Waals surface area contributed by atoms with E-state index in [0.29, 0.717) is 18.9 Å². The first-order chi connectivity index (χ1) is 12.4. The maximum atomic E-state index is 12.5. The van der Waals surface area contributed by atoms with Crippen LogP contribution in [0.2, 0.25) is 0 Å². The lowest BCUT2D eigenvalue weighted by atomic mass is 9.87. The Morgan fingerprint density at radius 1 is 1.31 bits per heavy atom. The number of hydrogen-bond donors (Lipinski definition) is 1. The summed E-state index contributed by atoms with van der Waals surface area (Å²) < 4.78 is 48.7. The van der Waals surface area contributed by atoms with E-state index in [-0.39, 0.29) is 5.41 Å². The number of halogens is 3. The summed E-state index contributed by atoms with van der Waals surface area (Å²) in [6, 6.07) is 4.72. The maximum Gasteiger partial charge on any atom is 0.416 e. The molecule has 0 bridgehead atoms. The molecule has 144 valence electrons. The number of rotatable bonds is 4. The van der Waals surface area contributed by atoms with Crippen LogP contribution in [-0.2, 0) is 10.9 Å². The molecule has 1 aromatic carbocycles. The number of nitrogens with zero attached hydrogens (tertiary/aromatic N) is 2. The molecule has 1 spiro atoms. The van der Waals surface area contributed by atoms with Crippen molar-refractivity contribution in [1.82, 2.24) is 10.2 Å². The second-order valence-corrected chi connectivity index (χ2v) is 6.82. The van der Waals surface area contributed by atoms with E-state index in [9.17, 15) is 13.2 Å². The predicted molar refractivity (Wildman–Crippen MR) is 92.4 cm³/mol. The Morgan fingerprint density at radius 2 is 2.08 bits per heavy atom. The van der Waals surface area contributed by atoms with Crippen molar-refractivity contribution in [3.8, 4) is 5.75 Å². The zero-order valence-electron chi connectivity index (χ0n) is 14.8. The second kappa shape index (κ2) is 7.73. The minimum Gasteiger partial charge on any atom is -0.492 e. The van der Waals surface area contributed by atoms with Gasteiger partial charge in [0.15, 0.2) is 5.96 Å². The van der Waals surface area contributed by atoms with Crippen LogP contribution in [0.3, 0.4) is 0 Å². The van der Waals surface area contributed by atoms with Gasteiger partial charge in [-0.15, -0.1) is 0 Å². The lowest BCUT2D eigenvalue weighted by Crippen LogP contribution is -2.42. The van der Waals surface area contributed by atoms with E-state index in [0.717, 1.165) is 57.2 Å². The second-order valence-electron chi connectivity index (χ2n) is 6.82. The van der Waals surface area contributed by atoms with Gasteiger partial charge in [0.05, 0.1) is 18.7 Å². The molecule has 3 rings (SSSR count). The summed E-state index contributed by atoms with van der Waals surface area (Å²) in [4.78, 5) is 6.55. The average molecular weight is 371 g/mol. The quantitative estimate of drug-likeness (QED) is 0.502. The van der Waals surface area contributed by atoms with Gasteiger partial charge in [-0.1, -0.05) is 0 Å². The van der Waals surface area contributed by atoms with Crippen molar-refractivity contribution in [3.63, 3.8) is 0 Å². The van der Waals surface area contributed by atoms with E-state index in [1.165, 1.54) is 12.1 Å². The molecule has 2 heterocycles. The molecule has 1 unspecified atom stereocenters. The molecule has 2 aliphatic rings. The van der Waals surface area contributed by atoms with Gasteiger partial charge >= 0.3 is 6.18 Å². The van der Waals surface area contributed by atoms with Gasteiger partial charge in [0.2, 0.25) is 0 Å². The molecule has 1 aromatic rings. The molecule has 0 amide bonds. The van der Waals surface area contributed by atoms with Gasteiger partial charge in [-0.05, 0) is 37.1 Å². The van der Waals surface area contributed by atoms with Gasteiger partial charge in [0.25, 0.3) is 0 Å². The largest absolute Gasteiger partial charge is 0.492 e. The highest BCUT2D eigenvalue weighted by Gasteiger charge is 2.42. The minimum absolute atomic E-state index is 0.258. The fraction of sp³-hybridized carbons (Fsp3) is 0.611. The van der Waals surface area contributed by atoms with Crippen molar-refractivity contribution in [1.29, 1.82) is 0 Å². The molecular formula is C18H24F3N3O2. The van der Waals surface area contributed by atoms with Crippen molar-refractivity contribution in [2.75, 3.05) is 46.5 Å². The van der Waals surface area contributed by atoms with Crippen LogP contribution in [0.1, 0.15) is 18.4 Å². The van der Waals surface area contributed by atoms with Crippen molar-refractivity contribution in [2.24, 2.45) is 10.4 Å². The van der Waals surface area contributed by atoms with Gasteiger partial charge in [-0.3, -0.25) is 4.99 Å².